The second-order valence-corrected chi connectivity index (χ2v) is 8.25. The highest BCUT2D eigenvalue weighted by atomic mass is 16.5. The highest BCUT2D eigenvalue weighted by Gasteiger charge is 2.20. The Hall–Kier alpha value is -3.28. The number of benzene rings is 2. The van der Waals surface area contributed by atoms with Crippen LogP contribution in [-0.2, 0) is 16.7 Å². The predicted octanol–water partition coefficient (Wildman–Crippen LogP) is 4.14. The van der Waals surface area contributed by atoms with Gasteiger partial charge in [0.25, 0.3) is 5.56 Å². The van der Waals surface area contributed by atoms with Crippen molar-refractivity contribution in [2.24, 2.45) is 0 Å². The Kier molecular flexibility index (Phi) is 6.15. The molecule has 0 unspecified atom stereocenters. The number of carbonyl (C=O) groups is 2. The second kappa shape index (κ2) is 8.61. The van der Waals surface area contributed by atoms with Crippen LogP contribution < -0.4 is 5.56 Å². The average molecular weight is 406 g/mol. The number of aryl methyl sites for hydroxylation is 1. The van der Waals surface area contributed by atoms with Gasteiger partial charge in [-0.3, -0.25) is 9.59 Å². The molecule has 0 radical (unpaired) electrons. The first-order valence-corrected chi connectivity index (χ1v) is 10.0. The Morgan fingerprint density at radius 1 is 1.00 bits per heavy atom. The number of ketones is 1. The number of fused-ring (bicyclic) bond motifs is 1. The van der Waals surface area contributed by atoms with E-state index in [1.165, 1.54) is 4.68 Å². The van der Waals surface area contributed by atoms with Crippen molar-refractivity contribution in [3.63, 3.8) is 0 Å². The van der Waals surface area contributed by atoms with E-state index in [1.54, 1.807) is 36.4 Å². The fourth-order valence-corrected chi connectivity index (χ4v) is 3.19. The molecule has 0 bridgehead atoms. The summed E-state index contributed by atoms with van der Waals surface area (Å²) in [6.45, 7) is 8.22. The van der Waals surface area contributed by atoms with Crippen LogP contribution in [0.1, 0.15) is 60.5 Å². The summed E-state index contributed by atoms with van der Waals surface area (Å²) in [6, 6.07) is 14.1. The Morgan fingerprint density at radius 2 is 1.63 bits per heavy atom. The SMILES string of the molecule is CCCn1nc(C(=O)OCC(=O)c2ccc(C(C)(C)C)cc2)c2ccccc2c1=O. The lowest BCUT2D eigenvalue weighted by Gasteiger charge is -2.19. The molecule has 0 fully saturated rings. The number of aromatic nitrogens is 2. The van der Waals surface area contributed by atoms with Crippen molar-refractivity contribution in [3.8, 4) is 0 Å². The van der Waals surface area contributed by atoms with Crippen LogP contribution in [-0.4, -0.2) is 28.1 Å². The van der Waals surface area contributed by atoms with E-state index in [-0.39, 0.29) is 22.5 Å². The molecule has 156 valence electrons. The third kappa shape index (κ3) is 4.48. The van der Waals surface area contributed by atoms with Crippen molar-refractivity contribution in [1.82, 2.24) is 9.78 Å². The van der Waals surface area contributed by atoms with Crippen molar-refractivity contribution in [2.45, 2.75) is 46.1 Å². The highest BCUT2D eigenvalue weighted by Crippen LogP contribution is 2.22. The molecular weight excluding hydrogens is 380 g/mol. The molecule has 3 rings (SSSR count). The summed E-state index contributed by atoms with van der Waals surface area (Å²) in [5, 5.41) is 5.02. The number of carbonyl (C=O) groups excluding carboxylic acids is 2. The van der Waals surface area contributed by atoms with E-state index < -0.39 is 12.6 Å². The van der Waals surface area contributed by atoms with Gasteiger partial charge in [0.15, 0.2) is 18.1 Å². The van der Waals surface area contributed by atoms with Gasteiger partial charge < -0.3 is 4.74 Å². The first-order chi connectivity index (χ1) is 14.2. The summed E-state index contributed by atoms with van der Waals surface area (Å²) in [5.74, 6) is -1.02. The lowest BCUT2D eigenvalue weighted by molar-refractivity contribution is 0.0468. The molecule has 0 saturated heterocycles. The molecule has 0 aliphatic rings. The zero-order chi connectivity index (χ0) is 21.9. The van der Waals surface area contributed by atoms with Gasteiger partial charge in [0, 0.05) is 17.5 Å². The second-order valence-electron chi connectivity index (χ2n) is 8.25. The van der Waals surface area contributed by atoms with Crippen molar-refractivity contribution >= 4 is 22.5 Å². The van der Waals surface area contributed by atoms with Crippen LogP contribution in [0.25, 0.3) is 10.8 Å². The fourth-order valence-electron chi connectivity index (χ4n) is 3.19. The molecule has 0 saturated carbocycles. The molecule has 0 atom stereocenters. The molecule has 1 heterocycles. The fraction of sp³-hybridized carbons (Fsp3) is 0.333. The van der Waals surface area contributed by atoms with Gasteiger partial charge in [0.1, 0.15) is 0 Å². The smallest absolute Gasteiger partial charge is 0.359 e. The van der Waals surface area contributed by atoms with Gasteiger partial charge in [0.05, 0.1) is 5.39 Å². The minimum atomic E-state index is -0.726. The molecule has 0 aliphatic carbocycles. The topological polar surface area (TPSA) is 78.3 Å². The minimum Gasteiger partial charge on any atom is -0.452 e. The van der Waals surface area contributed by atoms with Crippen LogP contribution in [0.3, 0.4) is 0 Å². The van der Waals surface area contributed by atoms with Crippen LogP contribution in [0.5, 0.6) is 0 Å². The molecule has 6 heteroatoms. The summed E-state index contributed by atoms with van der Waals surface area (Å²) >= 11 is 0. The Labute approximate surface area is 175 Å². The van der Waals surface area contributed by atoms with E-state index in [4.69, 9.17) is 4.74 Å². The van der Waals surface area contributed by atoms with E-state index in [1.807, 2.05) is 19.1 Å². The Morgan fingerprint density at radius 3 is 2.23 bits per heavy atom. The molecular formula is C24H26N2O4. The number of Topliss-reactive ketones (excluding diaryl/α,β-unsaturated/α-hetero) is 1. The van der Waals surface area contributed by atoms with Crippen LogP contribution in [0.2, 0.25) is 0 Å². The van der Waals surface area contributed by atoms with Gasteiger partial charge in [0.2, 0.25) is 0 Å². The molecule has 2 aromatic carbocycles. The molecule has 6 nitrogen and oxygen atoms in total. The molecule has 0 aliphatic heterocycles. The normalized spacial score (nSPS) is 11.5. The van der Waals surface area contributed by atoms with Crippen molar-refractivity contribution in [1.29, 1.82) is 0 Å². The largest absolute Gasteiger partial charge is 0.452 e. The maximum absolute atomic E-state index is 12.7. The van der Waals surface area contributed by atoms with Crippen molar-refractivity contribution in [3.05, 3.63) is 75.7 Å². The number of nitrogens with zero attached hydrogens (tertiary/aromatic N) is 2. The summed E-state index contributed by atoms with van der Waals surface area (Å²) in [4.78, 5) is 37.7. The van der Waals surface area contributed by atoms with Crippen LogP contribution >= 0.6 is 0 Å². The molecule has 0 N–H and O–H groups in total. The van der Waals surface area contributed by atoms with Gasteiger partial charge in [-0.2, -0.15) is 5.10 Å². The molecule has 1 aromatic heterocycles. The average Bonchev–Trinajstić information content (AvgIpc) is 2.73. The molecule has 30 heavy (non-hydrogen) atoms. The van der Waals surface area contributed by atoms with Crippen LogP contribution in [0, 0.1) is 0 Å². The third-order valence-corrected chi connectivity index (χ3v) is 4.90. The third-order valence-electron chi connectivity index (χ3n) is 4.90. The van der Waals surface area contributed by atoms with Crippen LogP contribution in [0.15, 0.2) is 53.3 Å². The standard InChI is InChI=1S/C24H26N2O4/c1-5-14-26-22(28)19-9-7-6-8-18(19)21(25-26)23(29)30-15-20(27)16-10-12-17(13-11-16)24(2,3)4/h6-13H,5,14-15H2,1-4H3. The molecule has 0 amide bonds. The monoisotopic (exact) mass is 406 g/mol. The maximum atomic E-state index is 12.7. The van der Waals surface area contributed by atoms with Gasteiger partial charge in [-0.1, -0.05) is 70.2 Å². The summed E-state index contributed by atoms with van der Waals surface area (Å²) in [6.07, 6.45) is 0.697. The Balaban J connectivity index is 1.81. The van der Waals surface area contributed by atoms with E-state index in [9.17, 15) is 14.4 Å². The molecule has 0 spiro atoms. The summed E-state index contributed by atoms with van der Waals surface area (Å²) in [7, 11) is 0. The van der Waals surface area contributed by atoms with Crippen molar-refractivity contribution < 1.29 is 14.3 Å². The minimum absolute atomic E-state index is 0.0115. The lowest BCUT2D eigenvalue weighted by Crippen LogP contribution is -2.27. The number of hydrogen-bond acceptors (Lipinski definition) is 5. The number of esters is 1. The van der Waals surface area contributed by atoms with Crippen molar-refractivity contribution in [2.75, 3.05) is 6.61 Å². The predicted molar refractivity (Wildman–Crippen MR) is 116 cm³/mol. The lowest BCUT2D eigenvalue weighted by atomic mass is 9.86. The Bertz CT molecular complexity index is 1140. The van der Waals surface area contributed by atoms with Crippen LogP contribution in [0.4, 0.5) is 0 Å². The molecule has 3 aromatic rings. The van der Waals surface area contributed by atoms with E-state index in [0.717, 1.165) is 5.56 Å². The van der Waals surface area contributed by atoms with E-state index in [2.05, 4.69) is 25.9 Å². The van der Waals surface area contributed by atoms with Gasteiger partial charge in [-0.25, -0.2) is 9.48 Å². The van der Waals surface area contributed by atoms with E-state index in [0.29, 0.717) is 29.3 Å². The number of rotatable bonds is 6. The van der Waals surface area contributed by atoms with Gasteiger partial charge in [-0.05, 0) is 23.5 Å². The number of hydrogen-bond donors (Lipinski definition) is 0. The quantitative estimate of drug-likeness (QED) is 0.454. The summed E-state index contributed by atoms with van der Waals surface area (Å²) < 4.78 is 6.53. The summed E-state index contributed by atoms with van der Waals surface area (Å²) in [5.41, 5.74) is 1.37. The first kappa shape index (κ1) is 21.4. The van der Waals surface area contributed by atoms with Gasteiger partial charge in [-0.15, -0.1) is 0 Å². The highest BCUT2D eigenvalue weighted by molar-refractivity contribution is 6.04. The zero-order valence-corrected chi connectivity index (χ0v) is 17.8. The first-order valence-electron chi connectivity index (χ1n) is 10.0. The maximum Gasteiger partial charge on any atom is 0.359 e. The zero-order valence-electron chi connectivity index (χ0n) is 17.8. The number of ether oxygens (including phenoxy) is 1. The van der Waals surface area contributed by atoms with Gasteiger partial charge >= 0.3 is 5.97 Å². The van der Waals surface area contributed by atoms with E-state index >= 15 is 0 Å².